The predicted molar refractivity (Wildman–Crippen MR) is 232 cm³/mol. The molecule has 20 atom stereocenters. The summed E-state index contributed by atoms with van der Waals surface area (Å²) in [4.78, 5) is 61.8. The predicted octanol–water partition coefficient (Wildman–Crippen LogP) is 2.16. The van der Waals surface area contributed by atoms with Crippen LogP contribution in [-0.2, 0) is 85.6 Å². The molecule has 0 aromatic carbocycles. The van der Waals surface area contributed by atoms with Crippen LogP contribution in [0.2, 0.25) is 0 Å². The largest absolute Gasteiger partial charge is 0.457 e. The maximum atomic E-state index is 12.8. The normalized spacial score (nSPS) is 38.5. The summed E-state index contributed by atoms with van der Waals surface area (Å²) >= 11 is 0. The molecular formula is C46H76O22. The number of hydrogen-bond acceptors (Lipinski definition) is 22. The van der Waals surface area contributed by atoms with Gasteiger partial charge >= 0.3 is 29.8 Å². The quantitative estimate of drug-likeness (QED) is 0.0648. The topological polar surface area (TPSA) is 286 Å². The Balaban J connectivity index is 1.53. The van der Waals surface area contributed by atoms with E-state index in [-0.39, 0.29) is 0 Å². The number of rotatable bonds is 23. The van der Waals surface area contributed by atoms with E-state index in [0.29, 0.717) is 6.61 Å². The lowest BCUT2D eigenvalue weighted by Gasteiger charge is -2.50. The summed E-state index contributed by atoms with van der Waals surface area (Å²) in [6, 6.07) is 0. The van der Waals surface area contributed by atoms with Crippen molar-refractivity contribution in [3.63, 3.8) is 0 Å². The monoisotopic (exact) mass is 980 g/mol. The summed E-state index contributed by atoms with van der Waals surface area (Å²) in [5, 5.41) is 45.9. The highest BCUT2D eigenvalue weighted by Crippen LogP contribution is 2.38. The van der Waals surface area contributed by atoms with E-state index < -0.39 is 153 Å². The number of unbranched alkanes of at least 4 members (excludes halogenated alkanes) is 9. The molecule has 4 heterocycles. The number of carbonyl (C=O) groups is 5. The van der Waals surface area contributed by atoms with E-state index in [2.05, 4.69) is 6.92 Å². The lowest BCUT2D eigenvalue weighted by molar-refractivity contribution is -0.385. The molecule has 0 unspecified atom stereocenters. The maximum Gasteiger partial charge on any atom is 0.303 e. The minimum Gasteiger partial charge on any atom is -0.457 e. The molecule has 0 saturated carbocycles. The van der Waals surface area contributed by atoms with Gasteiger partial charge in [-0.1, -0.05) is 64.7 Å². The van der Waals surface area contributed by atoms with Crippen molar-refractivity contribution >= 4 is 29.8 Å². The van der Waals surface area contributed by atoms with Gasteiger partial charge in [0.25, 0.3) is 0 Å². The zero-order valence-electron chi connectivity index (χ0n) is 41.0. The first-order valence-corrected chi connectivity index (χ1v) is 23.9. The van der Waals surface area contributed by atoms with E-state index in [1.807, 2.05) is 0 Å². The van der Waals surface area contributed by atoms with Crippen LogP contribution in [0, 0.1) is 0 Å². The molecule has 4 saturated heterocycles. The van der Waals surface area contributed by atoms with Gasteiger partial charge in [-0.25, -0.2) is 0 Å². The molecule has 4 aliphatic rings. The Labute approximate surface area is 398 Å². The van der Waals surface area contributed by atoms with Crippen molar-refractivity contribution in [1.82, 2.24) is 0 Å². The van der Waals surface area contributed by atoms with Gasteiger partial charge in [-0.05, 0) is 34.1 Å². The van der Waals surface area contributed by atoms with Crippen LogP contribution in [0.15, 0.2) is 0 Å². The summed E-state index contributed by atoms with van der Waals surface area (Å²) in [6.07, 6.45) is -17.7. The van der Waals surface area contributed by atoms with Crippen molar-refractivity contribution in [3.05, 3.63) is 0 Å². The first-order valence-electron chi connectivity index (χ1n) is 23.9. The van der Waals surface area contributed by atoms with Crippen LogP contribution < -0.4 is 0 Å². The van der Waals surface area contributed by atoms with Crippen molar-refractivity contribution < 1.29 is 106 Å². The summed E-state index contributed by atoms with van der Waals surface area (Å²) < 4.78 is 76.2. The van der Waals surface area contributed by atoms with E-state index in [1.54, 1.807) is 6.92 Å². The highest BCUT2D eigenvalue weighted by atomic mass is 16.8. The lowest BCUT2D eigenvalue weighted by Crippen LogP contribution is -2.67. The molecule has 22 heteroatoms. The van der Waals surface area contributed by atoms with E-state index in [9.17, 15) is 44.4 Å². The smallest absolute Gasteiger partial charge is 0.303 e. The minimum absolute atomic E-state index is 0.296. The van der Waals surface area contributed by atoms with E-state index in [1.165, 1.54) is 59.3 Å². The molecule has 0 aromatic rings. The standard InChI is InChI=1S/C46H76O22/c1-11-12-13-14-15-16-17-18-19-20-21-56-43-32(53)31(52)35(22(2)57-43)66-44-34(55)40(37(24(4)58-44)62-27(7)48)67-46-42(65-30(10)51)41(38(25(5)60-46)63-28(8)49)68-45-33(54)39(64-29(9)50)36(23(3)59-45)61-26(6)47/h22-25,31-46,52-55H,11-21H2,1-10H3/t22-,23-,24-,25-,31+,32+,33+,34+,35-,36-,37-,38-,39-,40-,41+,42+,43+,44-,45-,46-/m0/s1. The summed E-state index contributed by atoms with van der Waals surface area (Å²) in [5.41, 5.74) is 0. The Morgan fingerprint density at radius 2 is 0.706 bits per heavy atom. The second-order valence-corrected chi connectivity index (χ2v) is 18.0. The third kappa shape index (κ3) is 16.2. The third-order valence-corrected chi connectivity index (χ3v) is 12.2. The second kappa shape index (κ2) is 27.5. The Morgan fingerprint density at radius 3 is 1.19 bits per heavy atom. The van der Waals surface area contributed by atoms with Crippen molar-refractivity contribution in [2.24, 2.45) is 0 Å². The fourth-order valence-electron chi connectivity index (χ4n) is 8.89. The molecule has 0 amide bonds. The molecule has 0 radical (unpaired) electrons. The van der Waals surface area contributed by atoms with Crippen molar-refractivity contribution in [2.45, 2.75) is 256 Å². The fourth-order valence-corrected chi connectivity index (χ4v) is 8.89. The third-order valence-electron chi connectivity index (χ3n) is 12.2. The van der Waals surface area contributed by atoms with Gasteiger partial charge in [0, 0.05) is 41.2 Å². The molecule has 4 rings (SSSR count). The Hall–Kier alpha value is -3.13. The molecule has 4 N–H and O–H groups in total. The van der Waals surface area contributed by atoms with Crippen LogP contribution in [0.25, 0.3) is 0 Å². The molecule has 4 aliphatic heterocycles. The molecule has 0 aromatic heterocycles. The number of esters is 5. The minimum atomic E-state index is -1.85. The average molecular weight is 981 g/mol. The molecule has 392 valence electrons. The molecule has 0 bridgehead atoms. The van der Waals surface area contributed by atoms with E-state index in [0.717, 1.165) is 60.3 Å². The zero-order chi connectivity index (χ0) is 50.4. The summed E-state index contributed by atoms with van der Waals surface area (Å²) in [7, 11) is 0. The second-order valence-electron chi connectivity index (χ2n) is 18.0. The summed E-state index contributed by atoms with van der Waals surface area (Å²) in [5.74, 6) is -4.10. The highest BCUT2D eigenvalue weighted by Gasteiger charge is 2.58. The molecule has 4 fully saturated rings. The number of aliphatic hydroxyl groups is 4. The molecule has 0 aliphatic carbocycles. The van der Waals surface area contributed by atoms with Gasteiger partial charge in [-0.15, -0.1) is 0 Å². The van der Waals surface area contributed by atoms with Crippen LogP contribution in [0.5, 0.6) is 0 Å². The molecule has 22 nitrogen and oxygen atoms in total. The average Bonchev–Trinajstić information content (AvgIpc) is 3.25. The van der Waals surface area contributed by atoms with Crippen LogP contribution >= 0.6 is 0 Å². The SMILES string of the molecule is CCCCCCCCCCCCO[C@@H]1O[C@@H](C)[C@H](O[C@@H]2O[C@@H](C)[C@H](OC(C)=O)[C@@H](O[C@@H]3O[C@@H](C)[C@H](OC(C)=O)[C@@H](O[C@@H]4O[C@@H](C)[C@H](OC(C)=O)[C@@H](OC(C)=O)[C@H]4O)[C@H]3OC(C)=O)[C@H]2O)[C@H](O)[C@H]1O. The zero-order valence-corrected chi connectivity index (χ0v) is 41.0. The number of hydrogen-bond donors (Lipinski definition) is 4. The van der Waals surface area contributed by atoms with E-state index in [4.69, 9.17) is 61.6 Å². The van der Waals surface area contributed by atoms with Crippen LogP contribution in [-0.4, -0.2) is 180 Å². The van der Waals surface area contributed by atoms with Gasteiger partial charge in [0.2, 0.25) is 0 Å². The number of carbonyl (C=O) groups excluding carboxylic acids is 5. The Morgan fingerprint density at radius 1 is 0.368 bits per heavy atom. The first kappa shape index (κ1) is 57.4. The van der Waals surface area contributed by atoms with Crippen LogP contribution in [0.1, 0.15) is 133 Å². The van der Waals surface area contributed by atoms with Gasteiger partial charge < -0.3 is 82.0 Å². The summed E-state index contributed by atoms with van der Waals surface area (Å²) in [6.45, 7) is 14.0. The van der Waals surface area contributed by atoms with Gasteiger partial charge in [-0.2, -0.15) is 0 Å². The number of ether oxygens (including phenoxy) is 13. The highest BCUT2D eigenvalue weighted by molar-refractivity contribution is 5.68. The van der Waals surface area contributed by atoms with Gasteiger partial charge in [0.1, 0.15) is 42.7 Å². The van der Waals surface area contributed by atoms with Gasteiger partial charge in [0.05, 0.1) is 24.4 Å². The maximum absolute atomic E-state index is 12.8. The van der Waals surface area contributed by atoms with Crippen molar-refractivity contribution in [2.75, 3.05) is 6.61 Å². The Kier molecular flexibility index (Phi) is 23.2. The van der Waals surface area contributed by atoms with Crippen LogP contribution in [0.3, 0.4) is 0 Å². The lowest BCUT2D eigenvalue weighted by atomic mass is 9.95. The Bertz CT molecular complexity index is 1600. The number of aliphatic hydroxyl groups excluding tert-OH is 4. The van der Waals surface area contributed by atoms with E-state index >= 15 is 0 Å². The van der Waals surface area contributed by atoms with Gasteiger partial charge in [0.15, 0.2) is 55.7 Å². The fraction of sp³-hybridized carbons (Fsp3) is 0.891. The van der Waals surface area contributed by atoms with Crippen molar-refractivity contribution in [1.29, 1.82) is 0 Å². The van der Waals surface area contributed by atoms with Crippen LogP contribution in [0.4, 0.5) is 0 Å². The van der Waals surface area contributed by atoms with Crippen molar-refractivity contribution in [3.8, 4) is 0 Å². The first-order chi connectivity index (χ1) is 32.1. The molecular weight excluding hydrogens is 904 g/mol. The molecule has 68 heavy (non-hydrogen) atoms. The molecule has 0 spiro atoms. The van der Waals surface area contributed by atoms with Gasteiger partial charge in [-0.3, -0.25) is 24.0 Å².